The van der Waals surface area contributed by atoms with Gasteiger partial charge in [-0.05, 0) is 30.2 Å². The molecular formula is C23H29N2O4+. The highest BCUT2D eigenvalue weighted by Gasteiger charge is 2.71. The molecule has 0 radical (unpaired) electrons. The number of likely N-dealkylation sites (N-methyl/N-ethyl adjacent to an activating group) is 1. The van der Waals surface area contributed by atoms with E-state index in [1.165, 1.54) is 29.3 Å². The standard InChI is InChI=1S/C23H29N2O4/c1-5-13-11-25(2)19-10-17(13)23(12-26,22(27)29-4)20(25)9-16-15-7-6-14(28-3)8-18(15)24-21(16)19/h5-8,17,19-20,24,26H,9-12H2,1-4H3/q+1/b13-5+/t17-,19-,20?,23?,25?/m0/s1. The number of nitrogens with zero attached hydrogens (tertiary/aromatic N) is 1. The second-order valence-corrected chi connectivity index (χ2v) is 9.01. The number of hydrogen-bond acceptors (Lipinski definition) is 4. The Labute approximate surface area is 170 Å². The highest BCUT2D eigenvalue weighted by Crippen LogP contribution is 2.62. The summed E-state index contributed by atoms with van der Waals surface area (Å²) in [6.45, 7) is 2.77. The predicted molar refractivity (Wildman–Crippen MR) is 110 cm³/mol. The van der Waals surface area contributed by atoms with Gasteiger partial charge in [-0.2, -0.15) is 0 Å². The van der Waals surface area contributed by atoms with Crippen molar-refractivity contribution in [2.75, 3.05) is 34.4 Å². The third kappa shape index (κ3) is 2.11. The molecule has 154 valence electrons. The van der Waals surface area contributed by atoms with Crippen molar-refractivity contribution in [3.8, 4) is 5.75 Å². The Morgan fingerprint density at radius 3 is 2.86 bits per heavy atom. The zero-order valence-corrected chi connectivity index (χ0v) is 17.5. The monoisotopic (exact) mass is 397 g/mol. The molecule has 6 nitrogen and oxygen atoms in total. The third-order valence-corrected chi connectivity index (χ3v) is 8.15. The Bertz CT molecular complexity index is 1040. The molecule has 29 heavy (non-hydrogen) atoms. The number of rotatable bonds is 3. The minimum absolute atomic E-state index is 0.00833. The van der Waals surface area contributed by atoms with Crippen molar-refractivity contribution in [3.05, 3.63) is 41.1 Å². The second-order valence-electron chi connectivity index (χ2n) is 9.01. The number of nitrogens with one attached hydrogen (secondary N) is 1. The summed E-state index contributed by atoms with van der Waals surface area (Å²) in [7, 11) is 5.37. The lowest BCUT2D eigenvalue weighted by Gasteiger charge is -2.66. The van der Waals surface area contributed by atoms with Gasteiger partial charge in [0.25, 0.3) is 0 Å². The lowest BCUT2D eigenvalue weighted by atomic mass is 9.54. The number of H-pyrrole nitrogens is 1. The maximum Gasteiger partial charge on any atom is 0.320 e. The minimum atomic E-state index is -0.895. The number of aromatic nitrogens is 1. The van der Waals surface area contributed by atoms with Gasteiger partial charge in [-0.1, -0.05) is 6.08 Å². The van der Waals surface area contributed by atoms with Crippen LogP contribution in [-0.2, 0) is 16.0 Å². The van der Waals surface area contributed by atoms with Crippen molar-refractivity contribution in [1.29, 1.82) is 0 Å². The van der Waals surface area contributed by atoms with E-state index in [4.69, 9.17) is 9.47 Å². The first kappa shape index (κ1) is 18.7. The molecule has 3 unspecified atom stereocenters. The quantitative estimate of drug-likeness (QED) is 0.475. The van der Waals surface area contributed by atoms with Crippen LogP contribution in [0.15, 0.2) is 29.8 Å². The number of methoxy groups -OCH3 is 2. The first-order valence-electron chi connectivity index (χ1n) is 10.3. The van der Waals surface area contributed by atoms with E-state index < -0.39 is 5.41 Å². The molecule has 2 N–H and O–H groups in total. The van der Waals surface area contributed by atoms with Crippen LogP contribution in [0.5, 0.6) is 5.75 Å². The van der Waals surface area contributed by atoms with Gasteiger partial charge in [0.2, 0.25) is 0 Å². The number of esters is 1. The molecule has 0 aliphatic carbocycles. The van der Waals surface area contributed by atoms with Gasteiger partial charge in [-0.3, -0.25) is 4.79 Å². The van der Waals surface area contributed by atoms with Crippen LogP contribution in [0.3, 0.4) is 0 Å². The first-order valence-corrected chi connectivity index (χ1v) is 10.3. The summed E-state index contributed by atoms with van der Waals surface area (Å²) in [6, 6.07) is 6.40. The molecule has 6 heteroatoms. The molecule has 3 saturated heterocycles. The Balaban J connectivity index is 1.75. The van der Waals surface area contributed by atoms with Crippen molar-refractivity contribution in [2.45, 2.75) is 31.8 Å². The van der Waals surface area contributed by atoms with E-state index in [2.05, 4.69) is 24.2 Å². The molecule has 1 aromatic heterocycles. The largest absolute Gasteiger partial charge is 0.497 e. The Kier molecular flexibility index (Phi) is 3.93. The summed E-state index contributed by atoms with van der Waals surface area (Å²) in [5.74, 6) is 0.563. The highest BCUT2D eigenvalue weighted by atomic mass is 16.5. The smallest absolute Gasteiger partial charge is 0.320 e. The molecule has 0 spiro atoms. The van der Waals surface area contributed by atoms with Crippen LogP contribution in [0, 0.1) is 11.3 Å². The fraction of sp³-hybridized carbons (Fsp3) is 0.522. The molecule has 2 aromatic rings. The molecule has 4 aliphatic heterocycles. The Morgan fingerprint density at radius 2 is 2.21 bits per heavy atom. The van der Waals surface area contributed by atoms with E-state index in [0.29, 0.717) is 0 Å². The average Bonchev–Trinajstić information content (AvgIpc) is 3.10. The van der Waals surface area contributed by atoms with Crippen LogP contribution < -0.4 is 4.74 Å². The predicted octanol–water partition coefficient (Wildman–Crippen LogP) is 2.72. The summed E-state index contributed by atoms with van der Waals surface area (Å²) in [4.78, 5) is 16.9. The number of allylic oxidation sites excluding steroid dienone is 1. The maximum atomic E-state index is 13.2. The van der Waals surface area contributed by atoms with Gasteiger partial charge in [0.05, 0.1) is 33.6 Å². The summed E-state index contributed by atoms with van der Waals surface area (Å²) in [5, 5.41) is 11.8. The first-order chi connectivity index (χ1) is 13.9. The van der Waals surface area contributed by atoms with Gasteiger partial charge in [0.15, 0.2) is 0 Å². The lowest BCUT2D eigenvalue weighted by molar-refractivity contribution is -0.981. The fourth-order valence-electron chi connectivity index (χ4n) is 6.78. The van der Waals surface area contributed by atoms with Crippen LogP contribution >= 0.6 is 0 Å². The van der Waals surface area contributed by atoms with E-state index >= 15 is 0 Å². The molecule has 1 aromatic carbocycles. The summed E-state index contributed by atoms with van der Waals surface area (Å²) < 4.78 is 11.4. The van der Waals surface area contributed by atoms with Crippen molar-refractivity contribution < 1.29 is 23.9 Å². The molecular weight excluding hydrogens is 368 g/mol. The van der Waals surface area contributed by atoms with E-state index in [9.17, 15) is 9.90 Å². The van der Waals surface area contributed by atoms with Gasteiger partial charge >= 0.3 is 5.97 Å². The number of aliphatic hydroxyl groups excluding tert-OH is 1. The number of piperidine rings is 3. The van der Waals surface area contributed by atoms with Crippen LogP contribution in [-0.4, -0.2) is 61.0 Å². The van der Waals surface area contributed by atoms with Crippen molar-refractivity contribution in [3.63, 3.8) is 0 Å². The second kappa shape index (κ2) is 6.09. The van der Waals surface area contributed by atoms with Gasteiger partial charge in [0, 0.05) is 35.7 Å². The number of aliphatic hydroxyl groups is 1. The number of fused-ring (bicyclic) bond motifs is 4. The number of carbonyl (C=O) groups is 1. The zero-order valence-electron chi connectivity index (χ0n) is 17.5. The zero-order chi connectivity index (χ0) is 20.6. The van der Waals surface area contributed by atoms with Crippen molar-refractivity contribution >= 4 is 16.9 Å². The van der Waals surface area contributed by atoms with Crippen LogP contribution in [0.2, 0.25) is 0 Å². The summed E-state index contributed by atoms with van der Waals surface area (Å²) >= 11 is 0. The molecule has 6 rings (SSSR count). The third-order valence-electron chi connectivity index (χ3n) is 8.15. The maximum absolute atomic E-state index is 13.2. The number of quaternary nitrogens is 1. The molecule has 0 saturated carbocycles. The van der Waals surface area contributed by atoms with E-state index in [1.54, 1.807) is 7.11 Å². The van der Waals surface area contributed by atoms with Crippen LogP contribution in [0.4, 0.5) is 0 Å². The Hall–Kier alpha value is -2.31. The molecule has 4 bridgehead atoms. The van der Waals surface area contributed by atoms with Gasteiger partial charge < -0.3 is 24.0 Å². The highest BCUT2D eigenvalue weighted by molar-refractivity contribution is 5.87. The number of aromatic amines is 1. The van der Waals surface area contributed by atoms with E-state index in [-0.39, 0.29) is 30.6 Å². The van der Waals surface area contributed by atoms with Crippen molar-refractivity contribution in [1.82, 2.24) is 4.98 Å². The topological polar surface area (TPSA) is 71.5 Å². The van der Waals surface area contributed by atoms with E-state index in [0.717, 1.165) is 35.1 Å². The number of benzene rings is 1. The molecule has 5 atom stereocenters. The molecule has 5 heterocycles. The van der Waals surface area contributed by atoms with Gasteiger partial charge in [-0.25, -0.2) is 0 Å². The molecule has 0 amide bonds. The van der Waals surface area contributed by atoms with Crippen LogP contribution in [0.25, 0.3) is 10.9 Å². The Morgan fingerprint density at radius 1 is 1.41 bits per heavy atom. The molecule has 4 aliphatic rings. The summed E-state index contributed by atoms with van der Waals surface area (Å²) in [6.07, 6.45) is 3.72. The normalized spacial score (nSPS) is 36.3. The van der Waals surface area contributed by atoms with Crippen LogP contribution in [0.1, 0.15) is 30.6 Å². The number of hydrogen-bond donors (Lipinski definition) is 2. The SMILES string of the molecule is C/C=C1\C[N+]2(C)C3Cc4c([nH]c5cc(OC)ccc45)[C@@H]2C[C@@H]1C3(CO)C(=O)OC. The van der Waals surface area contributed by atoms with Crippen molar-refractivity contribution in [2.24, 2.45) is 11.3 Å². The fourth-order valence-corrected chi connectivity index (χ4v) is 6.78. The molecule has 3 fully saturated rings. The summed E-state index contributed by atoms with van der Waals surface area (Å²) in [5.41, 5.74) is 4.00. The minimum Gasteiger partial charge on any atom is -0.497 e. The number of ether oxygens (including phenoxy) is 2. The lowest BCUT2D eigenvalue weighted by Crippen LogP contribution is -2.76. The van der Waals surface area contributed by atoms with Gasteiger partial charge in [-0.15, -0.1) is 0 Å². The average molecular weight is 397 g/mol. The van der Waals surface area contributed by atoms with E-state index in [1.807, 2.05) is 19.1 Å². The van der Waals surface area contributed by atoms with Gasteiger partial charge in [0.1, 0.15) is 29.8 Å². The number of carbonyl (C=O) groups excluding carboxylic acids is 1.